The van der Waals surface area contributed by atoms with Gasteiger partial charge in [0.2, 0.25) is 0 Å². The van der Waals surface area contributed by atoms with Crippen LogP contribution in [-0.4, -0.2) is 128 Å². The first-order chi connectivity index (χ1) is 50.9. The number of carbonyl (C=O) groups excluding carboxylic acids is 1. The van der Waals surface area contributed by atoms with Crippen molar-refractivity contribution in [2.75, 3.05) is 32.9 Å². The number of benzene rings is 2. The van der Waals surface area contributed by atoms with E-state index in [0.717, 1.165) is 115 Å². The standard InChI is InChI=1S/C16H11FN4O.C10H7IN4O.C10H8INO2.2C9H6INO2.C9H7NO2.C6H6BFO2.2CH3F/c17-12-4-2-1-3-10(12)11-7-5-9-6-8-13(19-14(9)11)15-20-21-16(18)22-15;11-6-3-1-5-2-4-7(13-8(5)6)9-14-15-10(12)16-9;1-14-10(13)8-5-3-6-2-4-7(11)9(6)12-8;2*10-6-3-1-5-2-4-7(9(12)13)11-8(5)6;11-9(12)8-5-4-6-2-1-3-7(6)10-8;8-6-4-2-1-3-5(6)7(9)10;2*1-2/h1-4,6-8H,5H2,(H2,18,21);2-4H,1H2,(H2,12,15);3-5H,2H2,1H3;2*2-4H,1H2,(H,12,13);1,3-5H,2H2,(H,11,12);1-4,9-10H;2*1H3/i;;;;;;;2*1D. The van der Waals surface area contributed by atoms with Crippen molar-refractivity contribution >= 4 is 165 Å². The van der Waals surface area contributed by atoms with Crippen LogP contribution in [0.3, 0.4) is 0 Å². The van der Waals surface area contributed by atoms with E-state index in [1.165, 1.54) is 54.6 Å². The number of fused-ring (bicyclic) bond motifs is 6. The highest BCUT2D eigenvalue weighted by molar-refractivity contribution is 14.1. The average Bonchev–Trinajstić information content (AvgIpc) is 1.64. The fourth-order valence-corrected chi connectivity index (χ4v) is 12.8. The van der Waals surface area contributed by atoms with Gasteiger partial charge in [-0.3, -0.25) is 8.78 Å². The molecule has 0 spiro atoms. The molecule has 104 heavy (non-hydrogen) atoms. The van der Waals surface area contributed by atoms with E-state index in [1.807, 2.05) is 72.8 Å². The summed E-state index contributed by atoms with van der Waals surface area (Å²) < 4.78 is 76.8. The number of carboxylic acids is 3. The lowest BCUT2D eigenvalue weighted by molar-refractivity contribution is 0.0591. The Morgan fingerprint density at radius 3 is 1.27 bits per heavy atom. The number of methoxy groups -OCH3 is 1. The predicted octanol–water partition coefficient (Wildman–Crippen LogP) is 13.3. The van der Waals surface area contributed by atoms with Crippen LogP contribution in [0.25, 0.3) is 49.1 Å². The van der Waals surface area contributed by atoms with Gasteiger partial charge >= 0.3 is 43.0 Å². The molecule has 0 amide bonds. The van der Waals surface area contributed by atoms with Gasteiger partial charge in [0.05, 0.1) is 58.3 Å². The van der Waals surface area contributed by atoms with E-state index >= 15 is 0 Å². The third-order valence-corrected chi connectivity index (χ3v) is 18.7. The molecule has 0 atom stereocenters. The van der Waals surface area contributed by atoms with Crippen molar-refractivity contribution in [3.05, 3.63) is 265 Å². The Balaban J connectivity index is 0.000000156. The number of aromatic nitrogens is 10. The summed E-state index contributed by atoms with van der Waals surface area (Å²) in [5, 5.41) is 58.0. The summed E-state index contributed by atoms with van der Waals surface area (Å²) in [6.07, 6.45) is 19.3. The molecule has 24 nitrogen and oxygen atoms in total. The highest BCUT2D eigenvalue weighted by atomic mass is 127. The zero-order chi connectivity index (χ0) is 76.7. The molecule has 0 bridgehead atoms. The second-order valence-corrected chi connectivity index (χ2v) is 26.0. The Kier molecular flexibility index (Phi) is 28.1. The Bertz CT molecular complexity index is 5030. The number of nitrogen functional groups attached to an aromatic ring is 2. The summed E-state index contributed by atoms with van der Waals surface area (Å²) in [4.78, 5) is 68.4. The number of alkyl halides is 2. The number of esters is 1. The van der Waals surface area contributed by atoms with Gasteiger partial charge in [-0.15, -0.1) is 10.2 Å². The number of aromatic carboxylic acids is 3. The lowest BCUT2D eigenvalue weighted by Crippen LogP contribution is -2.32. The van der Waals surface area contributed by atoms with Crippen molar-refractivity contribution in [2.24, 2.45) is 0 Å². The van der Waals surface area contributed by atoms with E-state index < -0.39 is 45.2 Å². The molecule has 2 aromatic carbocycles. The minimum absolute atomic E-state index is 0.0119. The minimum Gasteiger partial charge on any atom is -0.477 e. The van der Waals surface area contributed by atoms with E-state index in [1.54, 1.807) is 42.5 Å². The van der Waals surface area contributed by atoms with Crippen molar-refractivity contribution in [3.8, 4) is 23.2 Å². The molecule has 0 unspecified atom stereocenters. The molecule has 532 valence electrons. The van der Waals surface area contributed by atoms with Gasteiger partial charge in [-0.1, -0.05) is 119 Å². The number of halogens is 8. The van der Waals surface area contributed by atoms with E-state index in [9.17, 15) is 36.7 Å². The van der Waals surface area contributed by atoms with E-state index in [-0.39, 0.29) is 52.3 Å². The Morgan fingerprint density at radius 2 is 0.856 bits per heavy atom. The summed E-state index contributed by atoms with van der Waals surface area (Å²) >= 11 is 8.83. The van der Waals surface area contributed by atoms with Gasteiger partial charge in [0, 0.05) is 30.9 Å². The number of allylic oxidation sites excluding steroid dienone is 6. The number of carboxylic acid groups (broad SMARTS) is 3. The average molecular weight is 1870 g/mol. The number of rotatable bonds is 8. The first kappa shape index (κ1) is 76.8. The highest BCUT2D eigenvalue weighted by Crippen LogP contribution is 2.37. The topological polar surface area (TPSA) is 386 Å². The molecule has 0 aliphatic heterocycles. The maximum Gasteiger partial charge on any atom is 0.491 e. The maximum atomic E-state index is 14.0. The molecule has 6 aliphatic rings. The molecule has 0 fully saturated rings. The summed E-state index contributed by atoms with van der Waals surface area (Å²) in [6.45, 7) is 0. The molecule has 8 aromatic heterocycles. The van der Waals surface area contributed by atoms with Crippen LogP contribution in [0.1, 0.15) is 118 Å². The van der Waals surface area contributed by atoms with Gasteiger partial charge in [-0.2, -0.15) is 0 Å². The zero-order valence-electron chi connectivity index (χ0n) is 56.1. The number of nitrogens with two attached hydrogens (primary N) is 2. The van der Waals surface area contributed by atoms with Crippen molar-refractivity contribution in [1.82, 2.24) is 50.3 Å². The molecule has 16 rings (SSSR count). The van der Waals surface area contributed by atoms with Gasteiger partial charge in [-0.25, -0.2) is 57.9 Å². The van der Waals surface area contributed by atoms with Crippen LogP contribution in [0.2, 0.25) is 0 Å². The molecule has 10 aromatic rings. The molecular weight excluding hydrogens is 1810 g/mol. The number of carbonyl (C=O) groups is 4. The van der Waals surface area contributed by atoms with Crippen LogP contribution < -0.4 is 16.9 Å². The Hall–Kier alpha value is -9.84. The van der Waals surface area contributed by atoms with Crippen molar-refractivity contribution in [1.29, 1.82) is 0 Å². The van der Waals surface area contributed by atoms with E-state index in [4.69, 9.17) is 48.4 Å². The van der Waals surface area contributed by atoms with Crippen molar-refractivity contribution in [2.45, 2.75) is 38.5 Å². The molecule has 9 N–H and O–H groups in total. The van der Waals surface area contributed by atoms with Gasteiger partial charge in [0.25, 0.3) is 11.8 Å². The van der Waals surface area contributed by atoms with Gasteiger partial charge < -0.3 is 50.4 Å². The summed E-state index contributed by atoms with van der Waals surface area (Å²) in [5.74, 6) is -3.57. The first-order valence-corrected chi connectivity index (χ1v) is 34.5. The van der Waals surface area contributed by atoms with Gasteiger partial charge in [0.15, 0.2) is 0 Å². The predicted molar refractivity (Wildman–Crippen MR) is 416 cm³/mol. The molecular formula is C71H57BF4I4N12O12. The number of ether oxygens (including phenoxy) is 1. The number of nitrogens with zero attached hydrogens (tertiary/aromatic N) is 10. The Labute approximate surface area is 647 Å². The number of hydrogen-bond donors (Lipinski definition) is 7. The van der Waals surface area contributed by atoms with E-state index in [2.05, 4.69) is 158 Å². The van der Waals surface area contributed by atoms with Crippen molar-refractivity contribution < 1.29 is 78.4 Å². The molecule has 6 aliphatic carbocycles. The highest BCUT2D eigenvalue weighted by Gasteiger charge is 2.24. The normalized spacial score (nSPS) is 12.9. The quantitative estimate of drug-likeness (QED) is 0.0321. The van der Waals surface area contributed by atoms with Crippen molar-refractivity contribution in [3.63, 3.8) is 0 Å². The third kappa shape index (κ3) is 20.5. The molecule has 0 saturated carbocycles. The van der Waals surface area contributed by atoms with Gasteiger partial charge in [0.1, 0.15) is 45.8 Å². The smallest absolute Gasteiger partial charge is 0.477 e. The lowest BCUT2D eigenvalue weighted by atomic mass is 9.80. The first-order valence-electron chi connectivity index (χ1n) is 31.6. The van der Waals surface area contributed by atoms with Crippen LogP contribution in [0.15, 0.2) is 167 Å². The number of anilines is 2. The zero-order valence-corrected chi connectivity index (χ0v) is 62.7. The second kappa shape index (κ2) is 38.1. The fraction of sp³-hybridized carbons (Fsp3) is 0.127. The molecule has 0 radical (unpaired) electrons. The molecule has 33 heteroatoms. The minimum atomic E-state index is -1.72. The van der Waals surface area contributed by atoms with E-state index in [0.29, 0.717) is 28.5 Å². The SMILES string of the molecule is COC(=O)c1ccc2c(n1)C(I)=CC2.Nc1nnc(-c2ccc3c(n2)C(I)=CC3)o1.Nc1nnc(-c2ccc3c(n2)C(c2ccccc2F)=CC3)o1.O=C(O)c1ccc2c(n1)C(I)=CC2.O=C(O)c1ccc2c(n1)C(I)=CC2.O=C(O)c1ccc2c(n1)C=CC2.OB(O)c1ccccc1F.[2H]CF.[2H]CF. The van der Waals surface area contributed by atoms with Gasteiger partial charge in [-0.05, 0) is 217 Å². The molecule has 0 saturated heterocycles. The lowest BCUT2D eigenvalue weighted by Gasteiger charge is -2.07. The fourth-order valence-electron chi connectivity index (χ4n) is 10.0. The van der Waals surface area contributed by atoms with Crippen LogP contribution in [0.4, 0.5) is 29.6 Å². The largest absolute Gasteiger partial charge is 0.491 e. The summed E-state index contributed by atoms with van der Waals surface area (Å²) in [7, 11) is -2.36. The third-order valence-electron chi connectivity index (χ3n) is 14.9. The summed E-state index contributed by atoms with van der Waals surface area (Å²) in [5.41, 5.74) is 25.7. The van der Waals surface area contributed by atoms with Crippen LogP contribution in [-0.2, 0) is 43.3 Å². The Morgan fingerprint density at radius 1 is 0.481 bits per heavy atom. The van der Waals surface area contributed by atoms with Crippen LogP contribution >= 0.6 is 90.4 Å². The molecule has 8 heterocycles. The van der Waals surface area contributed by atoms with Crippen LogP contribution in [0, 0.1) is 11.6 Å². The maximum absolute atomic E-state index is 14.0. The monoisotopic (exact) mass is 1870 g/mol. The second-order valence-electron chi connectivity index (χ2n) is 21.4. The van der Waals surface area contributed by atoms with Crippen LogP contribution in [0.5, 0.6) is 0 Å². The summed E-state index contributed by atoms with van der Waals surface area (Å²) in [6, 6.07) is 33.6. The number of pyridine rings is 6. The number of hydrogen-bond acceptors (Lipinski definition) is 21.